The number of H-pyrrole nitrogens is 1. The fourth-order valence-corrected chi connectivity index (χ4v) is 9.13. The minimum atomic E-state index is -1.12. The highest BCUT2D eigenvalue weighted by molar-refractivity contribution is 5.91. The van der Waals surface area contributed by atoms with E-state index in [9.17, 15) is 24.3 Å². The van der Waals surface area contributed by atoms with Crippen molar-refractivity contribution in [2.75, 3.05) is 0 Å². The van der Waals surface area contributed by atoms with E-state index in [4.69, 9.17) is 4.74 Å². The Balaban J connectivity index is 1.03. The second-order valence-electron chi connectivity index (χ2n) is 13.6. The molecule has 3 N–H and O–H groups in total. The lowest BCUT2D eigenvalue weighted by Gasteiger charge is -2.57. The number of aromatic nitrogens is 1. The number of hydrogen-bond acceptors (Lipinski definition) is 5. The molecule has 0 saturated heterocycles. The molecular weight excluding hydrogens is 532 g/mol. The summed E-state index contributed by atoms with van der Waals surface area (Å²) in [5.41, 5.74) is 3.12. The van der Waals surface area contributed by atoms with Crippen molar-refractivity contribution < 1.29 is 29.0 Å². The summed E-state index contributed by atoms with van der Waals surface area (Å²) in [7, 11) is 0. The Labute approximate surface area is 246 Å². The van der Waals surface area contributed by atoms with Crippen LogP contribution in [-0.2, 0) is 30.3 Å². The Morgan fingerprint density at radius 2 is 1.86 bits per heavy atom. The highest BCUT2D eigenvalue weighted by Gasteiger charge is 2.60. The molecule has 6 rings (SSSR count). The summed E-state index contributed by atoms with van der Waals surface area (Å²) in [6.45, 7) is 4.66. The second-order valence-corrected chi connectivity index (χ2v) is 13.6. The van der Waals surface area contributed by atoms with Crippen molar-refractivity contribution in [3.8, 4) is 0 Å². The van der Waals surface area contributed by atoms with Gasteiger partial charge >= 0.3 is 11.9 Å². The Bertz CT molecular complexity index is 1440. The molecule has 42 heavy (non-hydrogen) atoms. The van der Waals surface area contributed by atoms with Crippen LogP contribution in [0, 0.1) is 28.6 Å². The number of carboxylic acid groups (broad SMARTS) is 1. The number of carbonyl (C=O) groups excluding carboxylic acids is 3. The van der Waals surface area contributed by atoms with Crippen molar-refractivity contribution in [1.29, 1.82) is 0 Å². The number of rotatable bonds is 8. The average Bonchev–Trinajstić information content (AvgIpc) is 3.52. The number of ether oxygens (including phenoxy) is 1. The third-order valence-electron chi connectivity index (χ3n) is 11.4. The van der Waals surface area contributed by atoms with E-state index in [1.54, 1.807) is 6.20 Å². The van der Waals surface area contributed by atoms with E-state index >= 15 is 0 Å². The number of para-hydroxylation sites is 1. The summed E-state index contributed by atoms with van der Waals surface area (Å²) in [5, 5.41) is 13.3. The van der Waals surface area contributed by atoms with Gasteiger partial charge in [0, 0.05) is 41.8 Å². The van der Waals surface area contributed by atoms with Crippen molar-refractivity contribution in [3.05, 3.63) is 47.7 Å². The summed E-state index contributed by atoms with van der Waals surface area (Å²) >= 11 is 0. The van der Waals surface area contributed by atoms with Crippen LogP contribution in [-0.4, -0.2) is 45.9 Å². The smallest absolute Gasteiger partial charge is 0.326 e. The van der Waals surface area contributed by atoms with Crippen LogP contribution >= 0.6 is 0 Å². The summed E-state index contributed by atoms with van der Waals surface area (Å²) in [6, 6.07) is 6.53. The first kappa shape index (κ1) is 28.7. The average molecular weight is 575 g/mol. The van der Waals surface area contributed by atoms with E-state index in [1.165, 1.54) is 5.57 Å². The van der Waals surface area contributed by atoms with E-state index in [-0.39, 0.29) is 42.0 Å². The van der Waals surface area contributed by atoms with E-state index < -0.39 is 23.9 Å². The molecule has 1 heterocycles. The maximum atomic E-state index is 12.9. The van der Waals surface area contributed by atoms with Crippen LogP contribution in [0.15, 0.2) is 42.1 Å². The fraction of sp³-hybridized carbons (Fsp3) is 0.588. The number of hydrogen-bond donors (Lipinski definition) is 3. The first-order valence-electron chi connectivity index (χ1n) is 15.6. The molecule has 1 aromatic carbocycles. The molecule has 3 saturated carbocycles. The van der Waals surface area contributed by atoms with Gasteiger partial charge in [-0.1, -0.05) is 37.6 Å². The molecule has 2 aromatic rings. The number of amides is 1. The number of allylic oxidation sites excluding steroid dienone is 1. The molecular formula is C34H42N2O6. The summed E-state index contributed by atoms with van der Waals surface area (Å²) in [6.07, 6.45) is 11.2. The molecule has 0 bridgehead atoms. The Morgan fingerprint density at radius 3 is 2.67 bits per heavy atom. The molecule has 0 unspecified atom stereocenters. The van der Waals surface area contributed by atoms with Crippen LogP contribution < -0.4 is 5.32 Å². The van der Waals surface area contributed by atoms with Gasteiger partial charge in [-0.15, -0.1) is 0 Å². The molecule has 4 aliphatic carbocycles. The minimum Gasteiger partial charge on any atom is -0.480 e. The second kappa shape index (κ2) is 11.0. The molecule has 0 radical (unpaired) electrons. The molecule has 7 atom stereocenters. The third kappa shape index (κ3) is 5.07. The van der Waals surface area contributed by atoms with Gasteiger partial charge in [-0.05, 0) is 85.8 Å². The molecule has 8 nitrogen and oxygen atoms in total. The van der Waals surface area contributed by atoms with Crippen molar-refractivity contribution in [2.24, 2.45) is 28.6 Å². The van der Waals surface area contributed by atoms with Crippen LogP contribution in [0.5, 0.6) is 0 Å². The third-order valence-corrected chi connectivity index (χ3v) is 11.4. The number of aromatic amines is 1. The van der Waals surface area contributed by atoms with Crippen molar-refractivity contribution in [2.45, 2.75) is 96.6 Å². The first-order valence-corrected chi connectivity index (χ1v) is 15.6. The van der Waals surface area contributed by atoms with E-state index in [1.807, 2.05) is 30.3 Å². The quantitative estimate of drug-likeness (QED) is 0.357. The van der Waals surface area contributed by atoms with E-state index in [2.05, 4.69) is 24.1 Å². The first-order chi connectivity index (χ1) is 20.1. The Morgan fingerprint density at radius 1 is 1.05 bits per heavy atom. The number of fused-ring (bicyclic) bond motifs is 6. The summed E-state index contributed by atoms with van der Waals surface area (Å²) in [5.74, 6) is -0.0533. The van der Waals surface area contributed by atoms with Crippen molar-refractivity contribution in [1.82, 2.24) is 10.3 Å². The lowest BCUT2D eigenvalue weighted by atomic mass is 9.47. The van der Waals surface area contributed by atoms with Crippen LogP contribution in [0.25, 0.3) is 10.9 Å². The predicted molar refractivity (Wildman–Crippen MR) is 157 cm³/mol. The highest BCUT2D eigenvalue weighted by Crippen LogP contribution is 2.65. The topological polar surface area (TPSA) is 126 Å². The number of esters is 1. The van der Waals surface area contributed by atoms with E-state index in [0.29, 0.717) is 24.2 Å². The van der Waals surface area contributed by atoms with Gasteiger partial charge in [0.25, 0.3) is 0 Å². The minimum absolute atomic E-state index is 0.0745. The Kier molecular flexibility index (Phi) is 7.52. The molecule has 4 aliphatic rings. The lowest BCUT2D eigenvalue weighted by Crippen LogP contribution is -2.51. The number of ketones is 1. The highest BCUT2D eigenvalue weighted by atomic mass is 16.5. The molecule has 8 heteroatoms. The van der Waals surface area contributed by atoms with Gasteiger partial charge < -0.3 is 20.1 Å². The van der Waals surface area contributed by atoms with Gasteiger partial charge in [-0.2, -0.15) is 0 Å². The van der Waals surface area contributed by atoms with Gasteiger partial charge in [-0.25, -0.2) is 4.79 Å². The van der Waals surface area contributed by atoms with Crippen molar-refractivity contribution >= 4 is 34.5 Å². The number of carboxylic acids is 1. The predicted octanol–water partition coefficient (Wildman–Crippen LogP) is 5.50. The lowest BCUT2D eigenvalue weighted by molar-refractivity contribution is -0.160. The number of aliphatic carboxylic acids is 1. The zero-order valence-electron chi connectivity index (χ0n) is 24.6. The maximum absolute atomic E-state index is 12.9. The molecule has 3 fully saturated rings. The van der Waals surface area contributed by atoms with Gasteiger partial charge in [0.15, 0.2) is 5.78 Å². The SMILES string of the molecule is C[C@]12CC[C@@H]3[C@H](CCC4=CC(=O)CC[C@@]43C)[C@H]1CC[C@H]2OC(=O)CCC(=O)N[C@@H](Cc1c[nH]c2ccccc12)C(=O)O. The van der Waals surface area contributed by atoms with Crippen molar-refractivity contribution in [3.63, 3.8) is 0 Å². The molecule has 0 spiro atoms. The van der Waals surface area contributed by atoms with E-state index in [0.717, 1.165) is 61.4 Å². The van der Waals surface area contributed by atoms with Gasteiger partial charge in [0.05, 0.1) is 6.42 Å². The molecule has 1 aromatic heterocycles. The summed E-state index contributed by atoms with van der Waals surface area (Å²) < 4.78 is 6.05. The molecule has 1 amide bonds. The normalized spacial score (nSPS) is 32.7. The zero-order chi connectivity index (χ0) is 29.6. The van der Waals surface area contributed by atoms with Gasteiger partial charge in [0.1, 0.15) is 12.1 Å². The fourth-order valence-electron chi connectivity index (χ4n) is 9.13. The molecule has 224 valence electrons. The zero-order valence-corrected chi connectivity index (χ0v) is 24.6. The van der Waals surface area contributed by atoms with Gasteiger partial charge in [0.2, 0.25) is 5.91 Å². The maximum Gasteiger partial charge on any atom is 0.326 e. The number of benzene rings is 1. The standard InChI is InChI=1S/C34H42N2O6/c1-33-15-13-22(37)18-21(33)7-8-24-25-9-10-29(34(25,2)16-14-26(24)33)42-31(39)12-11-30(38)36-28(32(40)41)17-20-19-35-27-6-4-3-5-23(20)27/h3-6,18-19,24-26,28-29,35H,7-17H2,1-2H3,(H,36,38)(H,40,41)/t24-,25-,26-,28+,29-,33+,34+/m1/s1. The number of carbonyl (C=O) groups is 4. The van der Waals surface area contributed by atoms with Crippen LogP contribution in [0.4, 0.5) is 0 Å². The largest absolute Gasteiger partial charge is 0.480 e. The summed E-state index contributed by atoms with van der Waals surface area (Å²) in [4.78, 5) is 52.8. The number of nitrogens with one attached hydrogen (secondary N) is 2. The van der Waals surface area contributed by atoms with Crippen LogP contribution in [0.1, 0.15) is 83.6 Å². The monoisotopic (exact) mass is 574 g/mol. The Hall–Kier alpha value is -3.42. The van der Waals surface area contributed by atoms with Crippen LogP contribution in [0.2, 0.25) is 0 Å². The molecule has 0 aliphatic heterocycles. The van der Waals surface area contributed by atoms with Gasteiger partial charge in [-0.3, -0.25) is 14.4 Å². The van der Waals surface area contributed by atoms with Crippen LogP contribution in [0.3, 0.4) is 0 Å².